The molecule has 0 aliphatic heterocycles. The van der Waals surface area contributed by atoms with Crippen LogP contribution in [-0.4, -0.2) is 0 Å². The number of aryl methyl sites for hydroxylation is 1. The maximum Gasteiger partial charge on any atom is 0.159 e. The highest BCUT2D eigenvalue weighted by Gasteiger charge is 2.14. The Morgan fingerprint density at radius 3 is 2.40 bits per heavy atom. The van der Waals surface area contributed by atoms with Crippen molar-refractivity contribution in [3.05, 3.63) is 57.3 Å². The monoisotopic (exact) mass is 295 g/mol. The van der Waals surface area contributed by atoms with E-state index in [9.17, 15) is 8.78 Å². The molecule has 1 nitrogen and oxygen atoms in total. The van der Waals surface area contributed by atoms with Crippen LogP contribution in [0.4, 0.5) is 8.78 Å². The van der Waals surface area contributed by atoms with E-state index in [0.717, 1.165) is 12.0 Å². The molecule has 0 aliphatic carbocycles. The van der Waals surface area contributed by atoms with Crippen LogP contribution < -0.4 is 5.32 Å². The molecule has 2 rings (SSSR count). The standard InChI is InChI=1S/C16H19F2NS/c1-4-13-6-8-16(20-13)11(3)19-10(2)12-5-7-14(17)15(18)9-12/h5-11,19H,4H2,1-3H3. The van der Waals surface area contributed by atoms with E-state index >= 15 is 0 Å². The summed E-state index contributed by atoms with van der Waals surface area (Å²) >= 11 is 1.79. The number of nitrogens with one attached hydrogen (secondary N) is 1. The van der Waals surface area contributed by atoms with Gasteiger partial charge in [0.25, 0.3) is 0 Å². The Morgan fingerprint density at radius 2 is 1.80 bits per heavy atom. The van der Waals surface area contributed by atoms with Crippen molar-refractivity contribution in [1.82, 2.24) is 5.32 Å². The average Bonchev–Trinajstić information content (AvgIpc) is 2.90. The zero-order chi connectivity index (χ0) is 14.7. The minimum absolute atomic E-state index is 0.0349. The Hall–Kier alpha value is -1.26. The summed E-state index contributed by atoms with van der Waals surface area (Å²) in [6.45, 7) is 6.18. The summed E-state index contributed by atoms with van der Waals surface area (Å²) in [7, 11) is 0. The lowest BCUT2D eigenvalue weighted by Gasteiger charge is -2.19. The molecule has 0 radical (unpaired) electrons. The predicted molar refractivity (Wildman–Crippen MR) is 80.0 cm³/mol. The Bertz CT molecular complexity index is 580. The molecular formula is C16H19F2NS. The number of benzene rings is 1. The van der Waals surface area contributed by atoms with Crippen LogP contribution in [0.25, 0.3) is 0 Å². The molecule has 0 fully saturated rings. The fourth-order valence-corrected chi connectivity index (χ4v) is 3.12. The lowest BCUT2D eigenvalue weighted by molar-refractivity contribution is 0.483. The van der Waals surface area contributed by atoms with Crippen LogP contribution in [0.2, 0.25) is 0 Å². The van der Waals surface area contributed by atoms with Gasteiger partial charge < -0.3 is 5.32 Å². The van der Waals surface area contributed by atoms with Crippen LogP contribution in [0.3, 0.4) is 0 Å². The Balaban J connectivity index is 2.06. The summed E-state index contributed by atoms with van der Waals surface area (Å²) in [5.41, 5.74) is 0.753. The van der Waals surface area contributed by atoms with Crippen LogP contribution >= 0.6 is 11.3 Å². The van der Waals surface area contributed by atoms with Gasteiger partial charge >= 0.3 is 0 Å². The van der Waals surface area contributed by atoms with Crippen molar-refractivity contribution in [2.45, 2.75) is 39.3 Å². The predicted octanol–water partition coefficient (Wildman–Crippen LogP) is 5.00. The van der Waals surface area contributed by atoms with Crippen molar-refractivity contribution in [3.63, 3.8) is 0 Å². The SMILES string of the molecule is CCc1ccc(C(C)NC(C)c2ccc(F)c(F)c2)s1. The lowest BCUT2D eigenvalue weighted by atomic mass is 10.1. The van der Waals surface area contributed by atoms with Crippen molar-refractivity contribution < 1.29 is 8.78 Å². The van der Waals surface area contributed by atoms with Crippen LogP contribution in [0.1, 0.15) is 48.2 Å². The third-order valence-corrected chi connectivity index (χ3v) is 4.81. The quantitative estimate of drug-likeness (QED) is 0.818. The molecule has 0 spiro atoms. The molecule has 2 unspecified atom stereocenters. The van der Waals surface area contributed by atoms with Gasteiger partial charge in [0.15, 0.2) is 11.6 Å². The lowest BCUT2D eigenvalue weighted by Crippen LogP contribution is -2.22. The number of halogens is 2. The highest BCUT2D eigenvalue weighted by atomic mass is 32.1. The molecular weight excluding hydrogens is 276 g/mol. The fraction of sp³-hybridized carbons (Fsp3) is 0.375. The second-order valence-electron chi connectivity index (χ2n) is 4.94. The minimum atomic E-state index is -0.806. The largest absolute Gasteiger partial charge is 0.303 e. The molecule has 1 N–H and O–H groups in total. The number of rotatable bonds is 5. The topological polar surface area (TPSA) is 12.0 Å². The summed E-state index contributed by atoms with van der Waals surface area (Å²) in [5, 5.41) is 3.42. The van der Waals surface area contributed by atoms with Crippen LogP contribution in [0.5, 0.6) is 0 Å². The molecule has 0 amide bonds. The van der Waals surface area contributed by atoms with Crippen molar-refractivity contribution in [1.29, 1.82) is 0 Å². The minimum Gasteiger partial charge on any atom is -0.303 e. The first-order chi connectivity index (χ1) is 9.51. The molecule has 2 atom stereocenters. The maximum atomic E-state index is 13.2. The van der Waals surface area contributed by atoms with E-state index in [1.54, 1.807) is 17.4 Å². The summed E-state index contributed by atoms with van der Waals surface area (Å²) in [6, 6.07) is 8.46. The first-order valence-electron chi connectivity index (χ1n) is 6.80. The van der Waals surface area contributed by atoms with Gasteiger partial charge in [0.1, 0.15) is 0 Å². The second-order valence-corrected chi connectivity index (χ2v) is 6.14. The Labute approximate surface area is 122 Å². The smallest absolute Gasteiger partial charge is 0.159 e. The highest BCUT2D eigenvalue weighted by Crippen LogP contribution is 2.26. The molecule has 0 saturated carbocycles. The van der Waals surface area contributed by atoms with Gasteiger partial charge in [-0.05, 0) is 50.1 Å². The van der Waals surface area contributed by atoms with Crippen molar-refractivity contribution in [2.24, 2.45) is 0 Å². The molecule has 4 heteroatoms. The molecule has 0 saturated heterocycles. The summed E-state index contributed by atoms with van der Waals surface area (Å²) < 4.78 is 26.2. The second kappa shape index (κ2) is 6.46. The fourth-order valence-electron chi connectivity index (χ4n) is 2.15. The number of hydrogen-bond donors (Lipinski definition) is 1. The van der Waals surface area contributed by atoms with Gasteiger partial charge in [-0.3, -0.25) is 0 Å². The van der Waals surface area contributed by atoms with E-state index in [0.29, 0.717) is 0 Å². The first kappa shape index (κ1) is 15.1. The first-order valence-corrected chi connectivity index (χ1v) is 7.62. The van der Waals surface area contributed by atoms with E-state index < -0.39 is 11.6 Å². The van der Waals surface area contributed by atoms with E-state index in [4.69, 9.17) is 0 Å². The molecule has 2 aromatic rings. The zero-order valence-electron chi connectivity index (χ0n) is 11.9. The van der Waals surface area contributed by atoms with Crippen molar-refractivity contribution in [3.8, 4) is 0 Å². The van der Waals surface area contributed by atoms with E-state index in [1.807, 2.05) is 6.92 Å². The molecule has 0 aliphatic rings. The van der Waals surface area contributed by atoms with Crippen LogP contribution in [0, 0.1) is 11.6 Å². The normalized spacial score (nSPS) is 14.2. The van der Waals surface area contributed by atoms with E-state index in [-0.39, 0.29) is 12.1 Å². The van der Waals surface area contributed by atoms with Gasteiger partial charge in [0.05, 0.1) is 0 Å². The average molecular weight is 295 g/mol. The maximum absolute atomic E-state index is 13.2. The van der Waals surface area contributed by atoms with E-state index in [1.165, 1.54) is 21.9 Å². The molecule has 1 aromatic heterocycles. The van der Waals surface area contributed by atoms with Crippen molar-refractivity contribution >= 4 is 11.3 Å². The third-order valence-electron chi connectivity index (χ3n) is 3.40. The molecule has 108 valence electrons. The van der Waals surface area contributed by atoms with Crippen LogP contribution in [-0.2, 0) is 6.42 Å². The number of hydrogen-bond acceptors (Lipinski definition) is 2. The van der Waals surface area contributed by atoms with Gasteiger partial charge in [0, 0.05) is 21.8 Å². The third kappa shape index (κ3) is 3.44. The molecule has 1 aromatic carbocycles. The molecule has 1 heterocycles. The summed E-state index contributed by atoms with van der Waals surface area (Å²) in [5.74, 6) is -1.60. The zero-order valence-corrected chi connectivity index (χ0v) is 12.7. The van der Waals surface area contributed by atoms with Gasteiger partial charge in [-0.1, -0.05) is 13.0 Å². The van der Waals surface area contributed by atoms with Gasteiger partial charge in [0.2, 0.25) is 0 Å². The Morgan fingerprint density at radius 1 is 1.05 bits per heavy atom. The van der Waals surface area contributed by atoms with Crippen molar-refractivity contribution in [2.75, 3.05) is 0 Å². The molecule has 20 heavy (non-hydrogen) atoms. The summed E-state index contributed by atoms with van der Waals surface area (Å²) in [6.07, 6.45) is 1.04. The van der Waals surface area contributed by atoms with Gasteiger partial charge in [-0.25, -0.2) is 8.78 Å². The van der Waals surface area contributed by atoms with Crippen LogP contribution in [0.15, 0.2) is 30.3 Å². The summed E-state index contributed by atoms with van der Waals surface area (Å²) in [4.78, 5) is 2.62. The number of thiophene rings is 1. The van der Waals surface area contributed by atoms with E-state index in [2.05, 4.69) is 31.3 Å². The Kier molecular flexibility index (Phi) is 4.89. The van der Waals surface area contributed by atoms with Gasteiger partial charge in [-0.15, -0.1) is 11.3 Å². The molecule has 0 bridgehead atoms. The highest BCUT2D eigenvalue weighted by molar-refractivity contribution is 7.12. The van der Waals surface area contributed by atoms with Gasteiger partial charge in [-0.2, -0.15) is 0 Å².